The molecule has 2 aliphatic heterocycles. The van der Waals surface area contributed by atoms with Crippen molar-refractivity contribution in [2.45, 2.75) is 69.1 Å². The summed E-state index contributed by atoms with van der Waals surface area (Å²) in [5, 5.41) is 2.29. The van der Waals surface area contributed by atoms with E-state index in [2.05, 4.69) is 16.3 Å². The number of aryl methyl sites for hydroxylation is 1. The first kappa shape index (κ1) is 11.4. The summed E-state index contributed by atoms with van der Waals surface area (Å²) < 4.78 is 0. The number of rotatable bonds is 1. The van der Waals surface area contributed by atoms with Gasteiger partial charge < -0.3 is 5.73 Å². The monoisotopic (exact) mass is 262 g/mol. The van der Waals surface area contributed by atoms with Crippen molar-refractivity contribution in [3.8, 4) is 0 Å². The maximum absolute atomic E-state index is 6.20. The Morgan fingerprint density at radius 3 is 2.72 bits per heavy atom. The van der Waals surface area contributed by atoms with Crippen molar-refractivity contribution in [3.05, 3.63) is 21.9 Å². The normalized spacial score (nSPS) is 39.8. The summed E-state index contributed by atoms with van der Waals surface area (Å²) >= 11 is 1.97. The molecule has 2 nitrogen and oxygen atoms in total. The van der Waals surface area contributed by atoms with Gasteiger partial charge >= 0.3 is 0 Å². The third kappa shape index (κ3) is 1.68. The number of hydrogen-bond donors (Lipinski definition) is 1. The molecule has 1 aromatic heterocycles. The van der Waals surface area contributed by atoms with E-state index in [1.807, 2.05) is 11.3 Å². The quantitative estimate of drug-likeness (QED) is 0.843. The topological polar surface area (TPSA) is 29.3 Å². The molecule has 1 aromatic rings. The van der Waals surface area contributed by atoms with Gasteiger partial charge in [0.15, 0.2) is 0 Å². The molecule has 2 fully saturated rings. The molecule has 3 heterocycles. The summed E-state index contributed by atoms with van der Waals surface area (Å²) in [5.74, 6) is 0. The van der Waals surface area contributed by atoms with Crippen LogP contribution < -0.4 is 5.73 Å². The number of piperidine rings is 1. The van der Waals surface area contributed by atoms with Gasteiger partial charge in [0, 0.05) is 29.0 Å². The SMILES string of the molecule is NC1CC2CCC(C1)N2C1CCCc2sccc21. The fraction of sp³-hybridized carbons (Fsp3) is 0.733. The van der Waals surface area contributed by atoms with Gasteiger partial charge in [0.05, 0.1) is 0 Å². The van der Waals surface area contributed by atoms with Crippen LogP contribution in [0.5, 0.6) is 0 Å². The Bertz CT molecular complexity index is 427. The first-order chi connectivity index (χ1) is 8.83. The highest BCUT2D eigenvalue weighted by Gasteiger charge is 2.44. The van der Waals surface area contributed by atoms with Crippen LogP contribution in [0.25, 0.3) is 0 Å². The van der Waals surface area contributed by atoms with E-state index >= 15 is 0 Å². The zero-order valence-electron chi connectivity index (χ0n) is 10.8. The maximum atomic E-state index is 6.20. The highest BCUT2D eigenvalue weighted by atomic mass is 32.1. The second kappa shape index (κ2) is 4.32. The summed E-state index contributed by atoms with van der Waals surface area (Å²) in [6.45, 7) is 0. The highest BCUT2D eigenvalue weighted by Crippen LogP contribution is 2.46. The maximum Gasteiger partial charge on any atom is 0.0365 e. The van der Waals surface area contributed by atoms with Crippen molar-refractivity contribution in [2.75, 3.05) is 0 Å². The zero-order chi connectivity index (χ0) is 12.1. The van der Waals surface area contributed by atoms with Gasteiger partial charge in [-0.15, -0.1) is 11.3 Å². The van der Waals surface area contributed by atoms with Crippen LogP contribution in [-0.4, -0.2) is 23.0 Å². The van der Waals surface area contributed by atoms with Gasteiger partial charge in [-0.25, -0.2) is 0 Å². The molecule has 0 aromatic carbocycles. The van der Waals surface area contributed by atoms with E-state index in [0.29, 0.717) is 12.1 Å². The van der Waals surface area contributed by atoms with Gasteiger partial charge in [-0.2, -0.15) is 0 Å². The van der Waals surface area contributed by atoms with E-state index < -0.39 is 0 Å². The van der Waals surface area contributed by atoms with Crippen LogP contribution in [-0.2, 0) is 6.42 Å². The highest BCUT2D eigenvalue weighted by molar-refractivity contribution is 7.10. The van der Waals surface area contributed by atoms with Crippen LogP contribution in [0, 0.1) is 0 Å². The summed E-state index contributed by atoms with van der Waals surface area (Å²) in [6, 6.07) is 5.11. The lowest BCUT2D eigenvalue weighted by Gasteiger charge is -2.44. The Kier molecular flexibility index (Phi) is 2.75. The average molecular weight is 262 g/mol. The summed E-state index contributed by atoms with van der Waals surface area (Å²) in [5.41, 5.74) is 7.85. The fourth-order valence-electron chi connectivity index (χ4n) is 4.54. The van der Waals surface area contributed by atoms with Crippen LogP contribution in [0.15, 0.2) is 11.4 Å². The van der Waals surface area contributed by atoms with Crippen LogP contribution in [0.3, 0.4) is 0 Å². The lowest BCUT2D eigenvalue weighted by atomic mass is 9.88. The average Bonchev–Trinajstić information content (AvgIpc) is 2.92. The van der Waals surface area contributed by atoms with Gasteiger partial charge in [-0.1, -0.05) is 0 Å². The Labute approximate surface area is 113 Å². The number of fused-ring (bicyclic) bond motifs is 3. The Hall–Kier alpha value is -0.380. The van der Waals surface area contributed by atoms with Crippen LogP contribution in [0.1, 0.15) is 55.0 Å². The third-order valence-electron chi connectivity index (χ3n) is 5.21. The number of hydrogen-bond acceptors (Lipinski definition) is 3. The molecule has 0 saturated carbocycles. The number of nitrogens with two attached hydrogens (primary N) is 1. The molecular formula is C15H22N2S. The molecule has 2 N–H and O–H groups in total. The first-order valence-corrected chi connectivity index (χ1v) is 8.30. The van der Waals surface area contributed by atoms with Crippen molar-refractivity contribution >= 4 is 11.3 Å². The molecule has 18 heavy (non-hydrogen) atoms. The van der Waals surface area contributed by atoms with Crippen molar-refractivity contribution < 1.29 is 0 Å². The van der Waals surface area contributed by atoms with Crippen molar-refractivity contribution in [1.29, 1.82) is 0 Å². The van der Waals surface area contributed by atoms with Crippen LogP contribution >= 0.6 is 11.3 Å². The molecular weight excluding hydrogens is 240 g/mol. The molecule has 0 amide bonds. The third-order valence-corrected chi connectivity index (χ3v) is 6.20. The van der Waals surface area contributed by atoms with E-state index in [1.54, 1.807) is 10.4 Å². The summed E-state index contributed by atoms with van der Waals surface area (Å²) in [4.78, 5) is 4.51. The largest absolute Gasteiger partial charge is 0.328 e. The molecule has 3 unspecified atom stereocenters. The molecule has 0 radical (unpaired) electrons. The van der Waals surface area contributed by atoms with Crippen molar-refractivity contribution in [1.82, 2.24) is 4.90 Å². The lowest BCUT2D eigenvalue weighted by molar-refractivity contribution is 0.0683. The van der Waals surface area contributed by atoms with Gasteiger partial charge in [0.1, 0.15) is 0 Å². The zero-order valence-corrected chi connectivity index (χ0v) is 11.7. The van der Waals surface area contributed by atoms with E-state index in [9.17, 15) is 0 Å². The molecule has 2 bridgehead atoms. The molecule has 3 heteroatoms. The van der Waals surface area contributed by atoms with Crippen LogP contribution in [0.2, 0.25) is 0 Å². The Morgan fingerprint density at radius 2 is 1.94 bits per heavy atom. The van der Waals surface area contributed by atoms with E-state index in [1.165, 1.54) is 44.9 Å². The van der Waals surface area contributed by atoms with Crippen molar-refractivity contribution in [3.63, 3.8) is 0 Å². The minimum absolute atomic E-state index is 0.462. The van der Waals surface area contributed by atoms with E-state index in [-0.39, 0.29) is 0 Å². The first-order valence-electron chi connectivity index (χ1n) is 7.42. The molecule has 3 atom stereocenters. The minimum Gasteiger partial charge on any atom is -0.328 e. The smallest absolute Gasteiger partial charge is 0.0365 e. The molecule has 0 spiro atoms. The fourth-order valence-corrected chi connectivity index (χ4v) is 5.52. The van der Waals surface area contributed by atoms with Gasteiger partial charge in [-0.05, 0) is 62.0 Å². The van der Waals surface area contributed by atoms with Gasteiger partial charge in [0.2, 0.25) is 0 Å². The molecule has 4 rings (SSSR count). The predicted octanol–water partition coefficient (Wildman–Crippen LogP) is 3.08. The Morgan fingerprint density at radius 1 is 1.17 bits per heavy atom. The van der Waals surface area contributed by atoms with Gasteiger partial charge in [-0.3, -0.25) is 4.90 Å². The number of thiophene rings is 1. The lowest BCUT2D eigenvalue weighted by Crippen LogP contribution is -2.49. The summed E-state index contributed by atoms with van der Waals surface area (Å²) in [6.07, 6.45) is 9.28. The minimum atomic E-state index is 0.462. The molecule has 98 valence electrons. The van der Waals surface area contributed by atoms with Crippen LogP contribution in [0.4, 0.5) is 0 Å². The number of nitrogens with zero attached hydrogens (tertiary/aromatic N) is 1. The Balaban J connectivity index is 1.66. The molecule has 1 aliphatic carbocycles. The van der Waals surface area contributed by atoms with E-state index in [0.717, 1.165) is 12.1 Å². The van der Waals surface area contributed by atoms with E-state index in [4.69, 9.17) is 5.73 Å². The predicted molar refractivity (Wildman–Crippen MR) is 75.9 cm³/mol. The van der Waals surface area contributed by atoms with Gasteiger partial charge in [0.25, 0.3) is 0 Å². The second-order valence-electron chi connectivity index (χ2n) is 6.27. The van der Waals surface area contributed by atoms with Crippen molar-refractivity contribution in [2.24, 2.45) is 5.73 Å². The molecule has 3 aliphatic rings. The second-order valence-corrected chi connectivity index (χ2v) is 7.27. The standard InChI is InChI=1S/C15H22N2S/c16-10-8-11-4-5-12(9-10)17(11)14-2-1-3-15-13(14)6-7-18-15/h6-7,10-12,14H,1-5,8-9,16H2. The molecule has 2 saturated heterocycles. The summed E-state index contributed by atoms with van der Waals surface area (Å²) in [7, 11) is 0.